The summed E-state index contributed by atoms with van der Waals surface area (Å²) in [5, 5.41) is 9.91. The molecule has 0 amide bonds. The van der Waals surface area contributed by atoms with Crippen molar-refractivity contribution in [3.05, 3.63) is 24.0 Å². The molecule has 2 aromatic rings. The van der Waals surface area contributed by atoms with Crippen molar-refractivity contribution in [3.8, 4) is 11.5 Å². The molecule has 1 saturated heterocycles. The molecule has 1 aliphatic rings. The van der Waals surface area contributed by atoms with E-state index in [1.807, 2.05) is 0 Å². The predicted molar refractivity (Wildman–Crippen MR) is 82.5 cm³/mol. The molecule has 0 saturated carbocycles. The summed E-state index contributed by atoms with van der Waals surface area (Å²) in [6, 6.07) is 5.11. The lowest BCUT2D eigenvalue weighted by molar-refractivity contribution is 0.0321. The smallest absolute Gasteiger partial charge is 0.375 e. The second-order valence-electron chi connectivity index (χ2n) is 5.23. The van der Waals surface area contributed by atoms with E-state index in [0.29, 0.717) is 43.1 Å². The van der Waals surface area contributed by atoms with E-state index in [1.54, 1.807) is 25.3 Å². The highest BCUT2D eigenvalue weighted by Gasteiger charge is 2.22. The summed E-state index contributed by atoms with van der Waals surface area (Å²) in [6.45, 7) is 4.23. The van der Waals surface area contributed by atoms with Gasteiger partial charge in [0.2, 0.25) is 0 Å². The fraction of sp³-hybridized carbons (Fsp3) is 0.438. The van der Waals surface area contributed by atoms with Gasteiger partial charge in [-0.2, -0.15) is 0 Å². The predicted octanol–water partition coefficient (Wildman–Crippen LogP) is 1.85. The highest BCUT2D eigenvalue weighted by Crippen LogP contribution is 2.35. The molecule has 0 unspecified atom stereocenters. The lowest BCUT2D eigenvalue weighted by Gasteiger charge is -2.26. The van der Waals surface area contributed by atoms with E-state index >= 15 is 0 Å². The Hall–Kier alpha value is -2.25. The number of rotatable bonds is 6. The first-order valence-electron chi connectivity index (χ1n) is 7.46. The van der Waals surface area contributed by atoms with E-state index in [2.05, 4.69) is 4.90 Å². The Morgan fingerprint density at radius 1 is 1.35 bits per heavy atom. The lowest BCUT2D eigenvalue weighted by atomic mass is 10.2. The minimum Gasteiger partial charge on any atom is -0.497 e. The SMILES string of the molecule is COc1ccc2oc(C(=O)O)c(OCCN3CCOCC3)c2c1. The molecular weight excluding hydrogens is 302 g/mol. The van der Waals surface area contributed by atoms with E-state index in [-0.39, 0.29) is 11.5 Å². The molecule has 1 aromatic heterocycles. The molecule has 0 aliphatic carbocycles. The Labute approximate surface area is 133 Å². The number of morpholine rings is 1. The summed E-state index contributed by atoms with van der Waals surface area (Å²) in [5.41, 5.74) is 0.463. The molecule has 0 bridgehead atoms. The number of fused-ring (bicyclic) bond motifs is 1. The summed E-state index contributed by atoms with van der Waals surface area (Å²) >= 11 is 0. The molecule has 1 aromatic carbocycles. The van der Waals surface area contributed by atoms with E-state index in [4.69, 9.17) is 18.6 Å². The molecule has 2 heterocycles. The molecule has 0 spiro atoms. The maximum absolute atomic E-state index is 11.4. The number of hydrogen-bond acceptors (Lipinski definition) is 6. The normalized spacial score (nSPS) is 15.7. The summed E-state index contributed by atoms with van der Waals surface area (Å²) in [6.07, 6.45) is 0. The quantitative estimate of drug-likeness (QED) is 0.869. The van der Waals surface area contributed by atoms with Crippen molar-refractivity contribution in [3.63, 3.8) is 0 Å². The van der Waals surface area contributed by atoms with Crippen LogP contribution in [0.3, 0.4) is 0 Å². The van der Waals surface area contributed by atoms with Crippen LogP contribution in [0.25, 0.3) is 11.0 Å². The van der Waals surface area contributed by atoms with Crippen molar-refractivity contribution in [2.75, 3.05) is 46.6 Å². The van der Waals surface area contributed by atoms with Crippen LogP contribution in [0.4, 0.5) is 0 Å². The second kappa shape index (κ2) is 6.89. The molecular formula is C16H19NO6. The third kappa shape index (κ3) is 3.40. The Bertz CT molecular complexity index is 689. The fourth-order valence-corrected chi connectivity index (χ4v) is 2.57. The topological polar surface area (TPSA) is 81.4 Å². The van der Waals surface area contributed by atoms with Crippen LogP contribution in [0.1, 0.15) is 10.6 Å². The van der Waals surface area contributed by atoms with Crippen molar-refractivity contribution in [2.24, 2.45) is 0 Å². The Morgan fingerprint density at radius 3 is 2.83 bits per heavy atom. The number of aromatic carboxylic acids is 1. The molecule has 7 heteroatoms. The van der Waals surface area contributed by atoms with Crippen LogP contribution in [0.5, 0.6) is 11.5 Å². The zero-order chi connectivity index (χ0) is 16.2. The van der Waals surface area contributed by atoms with Crippen LogP contribution < -0.4 is 9.47 Å². The van der Waals surface area contributed by atoms with Crippen molar-refractivity contribution in [1.82, 2.24) is 4.90 Å². The van der Waals surface area contributed by atoms with Gasteiger partial charge in [-0.25, -0.2) is 4.79 Å². The maximum atomic E-state index is 11.4. The van der Waals surface area contributed by atoms with Crippen LogP contribution in [0.2, 0.25) is 0 Å². The van der Waals surface area contributed by atoms with E-state index < -0.39 is 5.97 Å². The summed E-state index contributed by atoms with van der Waals surface area (Å²) < 4.78 is 21.6. The molecule has 0 radical (unpaired) electrons. The van der Waals surface area contributed by atoms with Crippen molar-refractivity contribution in [1.29, 1.82) is 0 Å². The maximum Gasteiger partial charge on any atom is 0.375 e. The summed E-state index contributed by atoms with van der Waals surface area (Å²) in [5.74, 6) is -0.468. The minimum atomic E-state index is -1.15. The molecule has 1 N–H and O–H groups in total. The van der Waals surface area contributed by atoms with Gasteiger partial charge in [-0.15, -0.1) is 0 Å². The fourth-order valence-electron chi connectivity index (χ4n) is 2.57. The highest BCUT2D eigenvalue weighted by molar-refractivity contribution is 5.98. The van der Waals surface area contributed by atoms with Gasteiger partial charge < -0.3 is 23.7 Å². The standard InChI is InChI=1S/C16H19NO6/c1-20-11-2-3-13-12(10-11)14(15(23-13)16(18)19)22-9-6-17-4-7-21-8-5-17/h2-3,10H,4-9H2,1H3,(H,18,19). The first kappa shape index (κ1) is 15.6. The molecule has 0 atom stereocenters. The first-order valence-corrected chi connectivity index (χ1v) is 7.46. The molecule has 124 valence electrons. The zero-order valence-corrected chi connectivity index (χ0v) is 12.9. The van der Waals surface area contributed by atoms with Crippen LogP contribution >= 0.6 is 0 Å². The van der Waals surface area contributed by atoms with Crippen LogP contribution in [0.15, 0.2) is 22.6 Å². The van der Waals surface area contributed by atoms with E-state index in [1.165, 1.54) is 0 Å². The average molecular weight is 321 g/mol. The number of furan rings is 1. The number of carbonyl (C=O) groups is 1. The second-order valence-corrected chi connectivity index (χ2v) is 5.23. The van der Waals surface area contributed by atoms with Gasteiger partial charge in [0.25, 0.3) is 5.76 Å². The van der Waals surface area contributed by atoms with Gasteiger partial charge in [-0.05, 0) is 18.2 Å². The number of benzene rings is 1. The molecule has 1 aliphatic heterocycles. The largest absolute Gasteiger partial charge is 0.497 e. The van der Waals surface area contributed by atoms with Crippen molar-refractivity contribution < 1.29 is 28.5 Å². The van der Waals surface area contributed by atoms with Gasteiger partial charge in [-0.1, -0.05) is 0 Å². The number of ether oxygens (including phenoxy) is 3. The third-order valence-electron chi connectivity index (χ3n) is 3.80. The number of nitrogens with zero attached hydrogens (tertiary/aromatic N) is 1. The summed E-state index contributed by atoms with van der Waals surface area (Å²) in [4.78, 5) is 13.6. The number of carboxylic acids is 1. The van der Waals surface area contributed by atoms with E-state index in [0.717, 1.165) is 13.1 Å². The van der Waals surface area contributed by atoms with Crippen molar-refractivity contribution >= 4 is 16.9 Å². The highest BCUT2D eigenvalue weighted by atomic mass is 16.5. The zero-order valence-electron chi connectivity index (χ0n) is 12.9. The van der Waals surface area contributed by atoms with Gasteiger partial charge in [0.15, 0.2) is 5.75 Å². The van der Waals surface area contributed by atoms with Gasteiger partial charge in [0.1, 0.15) is 17.9 Å². The monoisotopic (exact) mass is 321 g/mol. The van der Waals surface area contributed by atoms with Gasteiger partial charge >= 0.3 is 5.97 Å². The number of methoxy groups -OCH3 is 1. The van der Waals surface area contributed by atoms with Gasteiger partial charge in [0.05, 0.1) is 25.7 Å². The molecule has 7 nitrogen and oxygen atoms in total. The summed E-state index contributed by atoms with van der Waals surface area (Å²) in [7, 11) is 1.55. The molecule has 3 rings (SSSR count). The first-order chi connectivity index (χ1) is 11.2. The van der Waals surface area contributed by atoms with E-state index in [9.17, 15) is 9.90 Å². The average Bonchev–Trinajstić information content (AvgIpc) is 2.94. The third-order valence-corrected chi connectivity index (χ3v) is 3.80. The number of carboxylic acid groups (broad SMARTS) is 1. The van der Waals surface area contributed by atoms with Crippen LogP contribution in [-0.2, 0) is 4.74 Å². The lowest BCUT2D eigenvalue weighted by Crippen LogP contribution is -2.38. The molecule has 1 fully saturated rings. The minimum absolute atomic E-state index is 0.185. The Balaban J connectivity index is 1.79. The number of hydrogen-bond donors (Lipinski definition) is 1. The Morgan fingerprint density at radius 2 is 2.13 bits per heavy atom. The van der Waals surface area contributed by atoms with Crippen LogP contribution in [0, 0.1) is 0 Å². The molecule has 23 heavy (non-hydrogen) atoms. The van der Waals surface area contributed by atoms with Gasteiger partial charge in [0, 0.05) is 19.6 Å². The Kier molecular flexibility index (Phi) is 4.68. The van der Waals surface area contributed by atoms with Crippen LogP contribution in [-0.4, -0.2) is 62.5 Å². The van der Waals surface area contributed by atoms with Gasteiger partial charge in [-0.3, -0.25) is 4.90 Å². The van der Waals surface area contributed by atoms with Crippen molar-refractivity contribution in [2.45, 2.75) is 0 Å².